The molecule has 0 aliphatic heterocycles. The van der Waals surface area contributed by atoms with Gasteiger partial charge in [0, 0.05) is 5.70 Å². The molecule has 12 heavy (non-hydrogen) atoms. The molecule has 0 aliphatic carbocycles. The number of rotatable bonds is 4. The molecule has 4 N–H and O–H groups in total. The number of amides is 3. The van der Waals surface area contributed by atoms with E-state index in [-0.39, 0.29) is 6.54 Å². The molecule has 5 heteroatoms. The first-order chi connectivity index (χ1) is 5.56. The Morgan fingerprint density at radius 1 is 1.50 bits per heavy atom. The second kappa shape index (κ2) is 4.95. The maximum atomic E-state index is 10.8. The van der Waals surface area contributed by atoms with E-state index in [2.05, 4.69) is 23.8 Å². The topological polar surface area (TPSA) is 84.2 Å². The molecule has 0 rings (SSSR count). The Bertz CT molecular complexity index is 223. The fraction of sp³-hybridized carbons (Fsp3) is 0.143. The molecule has 3 amide bonds. The first-order valence-electron chi connectivity index (χ1n) is 3.20. The molecular weight excluding hydrogens is 158 g/mol. The van der Waals surface area contributed by atoms with Gasteiger partial charge in [-0.25, -0.2) is 4.79 Å². The van der Waals surface area contributed by atoms with Crippen molar-refractivity contribution in [1.82, 2.24) is 10.6 Å². The van der Waals surface area contributed by atoms with Crippen molar-refractivity contribution in [2.24, 2.45) is 5.73 Å². The second-order valence-electron chi connectivity index (χ2n) is 2.00. The number of allylic oxidation sites excluding steroid dienone is 1. The van der Waals surface area contributed by atoms with E-state index in [1.165, 1.54) is 6.08 Å². The van der Waals surface area contributed by atoms with Crippen LogP contribution >= 0.6 is 0 Å². The lowest BCUT2D eigenvalue weighted by atomic mass is 10.5. The molecule has 0 heterocycles. The Balaban J connectivity index is 3.67. The van der Waals surface area contributed by atoms with Gasteiger partial charge in [-0.05, 0) is 6.08 Å². The van der Waals surface area contributed by atoms with E-state index in [1.54, 1.807) is 0 Å². The molecule has 0 spiro atoms. The van der Waals surface area contributed by atoms with Crippen LogP contribution in [0.4, 0.5) is 4.79 Å². The van der Waals surface area contributed by atoms with Gasteiger partial charge in [-0.2, -0.15) is 0 Å². The number of hydrogen-bond acceptors (Lipinski definition) is 2. The van der Waals surface area contributed by atoms with Crippen LogP contribution in [0.3, 0.4) is 0 Å². The maximum absolute atomic E-state index is 10.8. The van der Waals surface area contributed by atoms with Crippen LogP contribution < -0.4 is 16.4 Å². The summed E-state index contributed by atoms with van der Waals surface area (Å²) in [5.74, 6) is -0.602. The predicted molar refractivity (Wildman–Crippen MR) is 45.1 cm³/mol. The Labute approximate surface area is 70.3 Å². The van der Waals surface area contributed by atoms with E-state index in [0.717, 1.165) is 0 Å². The Morgan fingerprint density at radius 2 is 2.08 bits per heavy atom. The molecule has 66 valence electrons. The zero-order valence-corrected chi connectivity index (χ0v) is 6.59. The molecule has 0 aromatic heterocycles. The van der Waals surface area contributed by atoms with Gasteiger partial charge in [-0.1, -0.05) is 13.2 Å². The second-order valence-corrected chi connectivity index (χ2v) is 2.00. The van der Waals surface area contributed by atoms with Crippen LogP contribution in [0.1, 0.15) is 0 Å². The molecule has 0 saturated carbocycles. The molecule has 0 atom stereocenters. The molecule has 0 unspecified atom stereocenters. The molecule has 0 aromatic carbocycles. The van der Waals surface area contributed by atoms with Crippen molar-refractivity contribution in [3.8, 4) is 0 Å². The van der Waals surface area contributed by atoms with Crippen LogP contribution in [0.2, 0.25) is 0 Å². The summed E-state index contributed by atoms with van der Waals surface area (Å²) < 4.78 is 0. The maximum Gasteiger partial charge on any atom is 0.319 e. The normalized spacial score (nSPS) is 8.33. The van der Waals surface area contributed by atoms with Gasteiger partial charge >= 0.3 is 6.03 Å². The fourth-order valence-electron chi connectivity index (χ4n) is 0.408. The van der Waals surface area contributed by atoms with E-state index < -0.39 is 11.9 Å². The van der Waals surface area contributed by atoms with Gasteiger partial charge in [-0.3, -0.25) is 4.79 Å². The van der Waals surface area contributed by atoms with Crippen molar-refractivity contribution in [2.75, 3.05) is 6.54 Å². The average molecular weight is 169 g/mol. The molecule has 0 saturated heterocycles. The van der Waals surface area contributed by atoms with Gasteiger partial charge in [0.15, 0.2) is 0 Å². The first-order valence-corrected chi connectivity index (χ1v) is 3.20. The molecule has 0 radical (unpaired) electrons. The standard InChI is InChI=1S/C7H11N3O2/c1-3-5(2)10-7(12)9-4-6(8)11/h3H,1-2,4H2,(H2,8,11)(H2,9,10,12). The summed E-state index contributed by atoms with van der Waals surface area (Å²) in [7, 11) is 0. The summed E-state index contributed by atoms with van der Waals surface area (Å²) in [6.45, 7) is 6.61. The van der Waals surface area contributed by atoms with E-state index in [1.807, 2.05) is 0 Å². The van der Waals surface area contributed by atoms with Gasteiger partial charge in [0.25, 0.3) is 0 Å². The van der Waals surface area contributed by atoms with Crippen LogP contribution in [-0.2, 0) is 4.79 Å². The summed E-state index contributed by atoms with van der Waals surface area (Å²) in [6.07, 6.45) is 1.38. The summed E-state index contributed by atoms with van der Waals surface area (Å²) in [5.41, 5.74) is 5.14. The zero-order valence-electron chi connectivity index (χ0n) is 6.59. The van der Waals surface area contributed by atoms with Gasteiger partial charge in [0.2, 0.25) is 5.91 Å². The predicted octanol–water partition coefficient (Wildman–Crippen LogP) is -0.529. The van der Waals surface area contributed by atoms with Crippen LogP contribution in [0, 0.1) is 0 Å². The van der Waals surface area contributed by atoms with Crippen molar-refractivity contribution in [3.63, 3.8) is 0 Å². The van der Waals surface area contributed by atoms with Crippen molar-refractivity contribution >= 4 is 11.9 Å². The summed E-state index contributed by atoms with van der Waals surface area (Å²) >= 11 is 0. The fourth-order valence-corrected chi connectivity index (χ4v) is 0.408. The van der Waals surface area contributed by atoms with E-state index >= 15 is 0 Å². The monoisotopic (exact) mass is 169 g/mol. The highest BCUT2D eigenvalue weighted by Crippen LogP contribution is 1.81. The largest absolute Gasteiger partial charge is 0.368 e. The third-order valence-electron chi connectivity index (χ3n) is 0.944. The summed E-state index contributed by atoms with van der Waals surface area (Å²) in [6, 6.07) is -0.529. The molecule has 0 fully saturated rings. The Kier molecular flexibility index (Phi) is 4.21. The molecule has 5 nitrogen and oxygen atoms in total. The number of urea groups is 1. The highest BCUT2D eigenvalue weighted by molar-refractivity contribution is 5.83. The Morgan fingerprint density at radius 3 is 2.50 bits per heavy atom. The van der Waals surface area contributed by atoms with E-state index in [0.29, 0.717) is 5.70 Å². The number of nitrogens with two attached hydrogens (primary N) is 1. The minimum Gasteiger partial charge on any atom is -0.368 e. The quantitative estimate of drug-likeness (QED) is 0.494. The van der Waals surface area contributed by atoms with Gasteiger partial charge in [0.05, 0.1) is 6.54 Å². The molecule has 0 aliphatic rings. The van der Waals surface area contributed by atoms with Gasteiger partial charge in [-0.15, -0.1) is 0 Å². The highest BCUT2D eigenvalue weighted by atomic mass is 16.2. The minimum atomic E-state index is -0.602. The zero-order chi connectivity index (χ0) is 9.56. The lowest BCUT2D eigenvalue weighted by molar-refractivity contribution is -0.117. The average Bonchev–Trinajstić information content (AvgIpc) is 2.00. The summed E-state index contributed by atoms with van der Waals surface area (Å²) in [4.78, 5) is 21.0. The molecular formula is C7H11N3O2. The van der Waals surface area contributed by atoms with E-state index in [9.17, 15) is 9.59 Å². The van der Waals surface area contributed by atoms with Crippen LogP contribution in [0.15, 0.2) is 24.9 Å². The first kappa shape index (κ1) is 10.2. The van der Waals surface area contributed by atoms with Crippen molar-refractivity contribution in [1.29, 1.82) is 0 Å². The number of nitrogens with one attached hydrogen (secondary N) is 2. The van der Waals surface area contributed by atoms with Crippen molar-refractivity contribution < 1.29 is 9.59 Å². The van der Waals surface area contributed by atoms with Crippen molar-refractivity contribution in [3.05, 3.63) is 24.9 Å². The lowest BCUT2D eigenvalue weighted by Gasteiger charge is -2.04. The Hall–Kier alpha value is -1.78. The third-order valence-corrected chi connectivity index (χ3v) is 0.944. The SMILES string of the molecule is C=CC(=C)NC(=O)NCC(N)=O. The van der Waals surface area contributed by atoms with Gasteiger partial charge < -0.3 is 16.4 Å². The molecule has 0 bridgehead atoms. The third kappa shape index (κ3) is 5.04. The minimum absolute atomic E-state index is 0.198. The number of carbonyl (C=O) groups excluding carboxylic acids is 2. The van der Waals surface area contributed by atoms with E-state index in [4.69, 9.17) is 5.73 Å². The molecule has 0 aromatic rings. The number of primary amides is 1. The number of carbonyl (C=O) groups is 2. The van der Waals surface area contributed by atoms with Crippen molar-refractivity contribution in [2.45, 2.75) is 0 Å². The highest BCUT2D eigenvalue weighted by Gasteiger charge is 2.00. The number of hydrogen-bond donors (Lipinski definition) is 3. The van der Waals surface area contributed by atoms with Crippen LogP contribution in [0.5, 0.6) is 0 Å². The smallest absolute Gasteiger partial charge is 0.319 e. The van der Waals surface area contributed by atoms with Crippen LogP contribution in [0.25, 0.3) is 0 Å². The van der Waals surface area contributed by atoms with Gasteiger partial charge in [0.1, 0.15) is 0 Å². The summed E-state index contributed by atoms with van der Waals surface area (Å²) in [5, 5.41) is 4.53. The lowest BCUT2D eigenvalue weighted by Crippen LogP contribution is -2.39. The van der Waals surface area contributed by atoms with Crippen LogP contribution in [-0.4, -0.2) is 18.5 Å².